The molecule has 1 saturated carbocycles. The van der Waals surface area contributed by atoms with E-state index in [1.807, 2.05) is 0 Å². The second-order valence-electron chi connectivity index (χ2n) is 8.69. The Kier molecular flexibility index (Phi) is 5.76. The van der Waals surface area contributed by atoms with Crippen LogP contribution in [0.3, 0.4) is 0 Å². The fourth-order valence-electron chi connectivity index (χ4n) is 4.61. The summed E-state index contributed by atoms with van der Waals surface area (Å²) in [5.74, 6) is 0.538. The van der Waals surface area contributed by atoms with E-state index in [2.05, 4.69) is 17.6 Å². The highest BCUT2D eigenvalue weighted by atomic mass is 32.2. The van der Waals surface area contributed by atoms with Crippen molar-refractivity contribution in [2.75, 3.05) is 18.5 Å². The Hall–Kier alpha value is -2.13. The number of carbonyl (C=O) groups is 2. The Labute approximate surface area is 177 Å². The van der Waals surface area contributed by atoms with Gasteiger partial charge in [-0.25, -0.2) is 8.42 Å². The van der Waals surface area contributed by atoms with E-state index in [4.69, 9.17) is 4.74 Å². The Balaban J connectivity index is 1.54. The Morgan fingerprint density at radius 3 is 2.67 bits per heavy atom. The van der Waals surface area contributed by atoms with Gasteiger partial charge in [0.05, 0.1) is 10.6 Å². The number of fused-ring (bicyclic) bond motifs is 1. The van der Waals surface area contributed by atoms with Crippen LogP contribution in [0.15, 0.2) is 17.0 Å². The van der Waals surface area contributed by atoms with Crippen molar-refractivity contribution >= 4 is 27.5 Å². The summed E-state index contributed by atoms with van der Waals surface area (Å²) < 4.78 is 33.6. The Morgan fingerprint density at radius 1 is 1.20 bits per heavy atom. The summed E-state index contributed by atoms with van der Waals surface area (Å²) in [6.07, 6.45) is 5.23. The van der Waals surface area contributed by atoms with Crippen molar-refractivity contribution in [3.63, 3.8) is 0 Å². The summed E-state index contributed by atoms with van der Waals surface area (Å²) in [5, 5.41) is 5.78. The molecular formula is C21H29N3O5S. The minimum absolute atomic E-state index is 0.114. The van der Waals surface area contributed by atoms with Crippen molar-refractivity contribution in [1.29, 1.82) is 0 Å². The van der Waals surface area contributed by atoms with Gasteiger partial charge in [-0.3, -0.25) is 9.59 Å². The van der Waals surface area contributed by atoms with E-state index in [-0.39, 0.29) is 29.4 Å². The molecule has 1 atom stereocenters. The summed E-state index contributed by atoms with van der Waals surface area (Å²) in [5.41, 5.74) is 0.969. The van der Waals surface area contributed by atoms with Gasteiger partial charge in [-0.1, -0.05) is 6.92 Å². The van der Waals surface area contributed by atoms with E-state index < -0.39 is 16.1 Å². The van der Waals surface area contributed by atoms with E-state index >= 15 is 0 Å². The molecule has 3 aliphatic rings. The maximum Gasteiger partial charge on any atom is 0.262 e. The first-order valence-corrected chi connectivity index (χ1v) is 12.1. The van der Waals surface area contributed by atoms with Crippen molar-refractivity contribution in [2.24, 2.45) is 5.92 Å². The number of benzene rings is 1. The van der Waals surface area contributed by atoms with Gasteiger partial charge in [0.15, 0.2) is 6.61 Å². The topological polar surface area (TPSA) is 105 Å². The fourth-order valence-corrected chi connectivity index (χ4v) is 6.49. The van der Waals surface area contributed by atoms with Crippen molar-refractivity contribution in [3.8, 4) is 5.75 Å². The van der Waals surface area contributed by atoms with Crippen molar-refractivity contribution in [3.05, 3.63) is 17.7 Å². The molecule has 2 fully saturated rings. The molecule has 2 amide bonds. The van der Waals surface area contributed by atoms with Crippen LogP contribution in [0.2, 0.25) is 0 Å². The molecule has 2 heterocycles. The van der Waals surface area contributed by atoms with Crippen molar-refractivity contribution < 1.29 is 22.7 Å². The number of ether oxygens (including phenoxy) is 1. The molecule has 0 spiro atoms. The molecule has 2 N–H and O–H groups in total. The SMILES string of the molecule is Cc1cc2c(cc1S(=O)(=O)N1CCC[C@@H]1C(=O)NC1CCC(C)CC1)OCC(=O)N2. The normalized spacial score (nSPS) is 27.1. The van der Waals surface area contributed by atoms with Crippen LogP contribution in [0.5, 0.6) is 5.75 Å². The molecule has 30 heavy (non-hydrogen) atoms. The largest absolute Gasteiger partial charge is 0.482 e. The first-order valence-electron chi connectivity index (χ1n) is 10.6. The second kappa shape index (κ2) is 8.19. The van der Waals surface area contributed by atoms with Gasteiger partial charge >= 0.3 is 0 Å². The van der Waals surface area contributed by atoms with Gasteiger partial charge in [-0.15, -0.1) is 0 Å². The first kappa shape index (κ1) is 21.1. The molecule has 0 bridgehead atoms. The molecule has 2 aliphatic heterocycles. The lowest BCUT2D eigenvalue weighted by molar-refractivity contribution is -0.125. The van der Waals surface area contributed by atoms with Crippen LogP contribution >= 0.6 is 0 Å². The fraction of sp³-hybridized carbons (Fsp3) is 0.619. The average Bonchev–Trinajstić information content (AvgIpc) is 3.20. The predicted molar refractivity (Wildman–Crippen MR) is 112 cm³/mol. The van der Waals surface area contributed by atoms with Gasteiger partial charge in [0, 0.05) is 18.7 Å². The van der Waals surface area contributed by atoms with Gasteiger partial charge in [-0.05, 0) is 63.0 Å². The monoisotopic (exact) mass is 435 g/mol. The molecule has 8 nitrogen and oxygen atoms in total. The number of sulfonamides is 1. The second-order valence-corrected chi connectivity index (χ2v) is 10.5. The van der Waals surface area contributed by atoms with E-state index in [0.717, 1.165) is 25.7 Å². The highest BCUT2D eigenvalue weighted by Gasteiger charge is 2.41. The number of carbonyl (C=O) groups excluding carboxylic acids is 2. The number of hydrogen-bond donors (Lipinski definition) is 2. The lowest BCUT2D eigenvalue weighted by atomic mass is 9.87. The molecule has 0 aromatic heterocycles. The molecule has 0 radical (unpaired) electrons. The smallest absolute Gasteiger partial charge is 0.262 e. The van der Waals surface area contributed by atoms with Gasteiger partial charge in [0.2, 0.25) is 15.9 Å². The molecule has 1 aromatic carbocycles. The first-order chi connectivity index (χ1) is 14.3. The van der Waals surface area contributed by atoms with Crippen LogP contribution in [0.25, 0.3) is 0 Å². The number of aryl methyl sites for hydroxylation is 1. The number of nitrogens with zero attached hydrogens (tertiary/aromatic N) is 1. The maximum atomic E-state index is 13.5. The third kappa shape index (κ3) is 4.05. The zero-order chi connectivity index (χ0) is 21.5. The number of hydrogen-bond acceptors (Lipinski definition) is 5. The molecule has 9 heteroatoms. The lowest BCUT2D eigenvalue weighted by Gasteiger charge is -2.30. The van der Waals surface area contributed by atoms with Crippen LogP contribution < -0.4 is 15.4 Å². The van der Waals surface area contributed by atoms with Gasteiger partial charge in [0.1, 0.15) is 11.8 Å². The summed E-state index contributed by atoms with van der Waals surface area (Å²) in [7, 11) is -3.88. The average molecular weight is 436 g/mol. The maximum absolute atomic E-state index is 13.5. The minimum Gasteiger partial charge on any atom is -0.482 e. The van der Waals surface area contributed by atoms with Gasteiger partial charge in [-0.2, -0.15) is 4.31 Å². The molecule has 0 unspecified atom stereocenters. The van der Waals surface area contributed by atoms with E-state index in [1.54, 1.807) is 13.0 Å². The van der Waals surface area contributed by atoms with E-state index in [9.17, 15) is 18.0 Å². The van der Waals surface area contributed by atoms with Crippen LogP contribution in [0.1, 0.15) is 51.0 Å². The summed E-state index contributed by atoms with van der Waals surface area (Å²) in [4.78, 5) is 24.6. The predicted octanol–water partition coefficient (Wildman–Crippen LogP) is 2.17. The van der Waals surface area contributed by atoms with Crippen molar-refractivity contribution in [1.82, 2.24) is 9.62 Å². The third-order valence-corrected chi connectivity index (χ3v) is 8.42. The molecule has 164 valence electrons. The van der Waals surface area contributed by atoms with Crippen molar-refractivity contribution in [2.45, 2.75) is 69.4 Å². The zero-order valence-corrected chi connectivity index (χ0v) is 18.3. The molecule has 4 rings (SSSR count). The van der Waals surface area contributed by atoms with E-state index in [0.29, 0.717) is 42.3 Å². The molecule has 1 aliphatic carbocycles. The van der Waals surface area contributed by atoms with Crippen LogP contribution in [-0.2, 0) is 19.6 Å². The number of amides is 2. The summed E-state index contributed by atoms with van der Waals surface area (Å²) >= 11 is 0. The van der Waals surface area contributed by atoms with E-state index in [1.165, 1.54) is 10.4 Å². The minimum atomic E-state index is -3.88. The number of nitrogens with one attached hydrogen (secondary N) is 2. The number of anilines is 1. The highest BCUT2D eigenvalue weighted by Crippen LogP contribution is 2.36. The zero-order valence-electron chi connectivity index (χ0n) is 17.4. The highest BCUT2D eigenvalue weighted by molar-refractivity contribution is 7.89. The Morgan fingerprint density at radius 2 is 1.93 bits per heavy atom. The Bertz CT molecular complexity index is 954. The summed E-state index contributed by atoms with van der Waals surface area (Å²) in [6.45, 7) is 4.07. The molecular weight excluding hydrogens is 406 g/mol. The van der Waals surface area contributed by atoms with Gasteiger partial charge < -0.3 is 15.4 Å². The van der Waals surface area contributed by atoms with Crippen LogP contribution in [0.4, 0.5) is 5.69 Å². The van der Waals surface area contributed by atoms with Gasteiger partial charge in [0.25, 0.3) is 5.91 Å². The van der Waals surface area contributed by atoms with Crippen LogP contribution in [-0.4, -0.2) is 49.8 Å². The standard InChI is InChI=1S/C21H29N3O5S/c1-13-5-7-15(8-6-13)22-21(26)17-4-3-9-24(17)30(27,28)19-11-18-16(10-14(19)2)23-20(25)12-29-18/h10-11,13,15,17H,3-9,12H2,1-2H3,(H,22,26)(H,23,25)/t13?,15?,17-/m1/s1. The van der Waals surface area contributed by atoms with Crippen LogP contribution in [0, 0.1) is 12.8 Å². The summed E-state index contributed by atoms with van der Waals surface area (Å²) in [6, 6.07) is 2.50. The quantitative estimate of drug-likeness (QED) is 0.754. The lowest BCUT2D eigenvalue weighted by Crippen LogP contribution is -2.49. The molecule has 1 saturated heterocycles. The number of rotatable bonds is 4. The third-order valence-electron chi connectivity index (χ3n) is 6.37. The molecule has 1 aromatic rings.